The van der Waals surface area contributed by atoms with E-state index in [1.165, 1.54) is 6.08 Å². The summed E-state index contributed by atoms with van der Waals surface area (Å²) in [5.41, 5.74) is 10.2. The van der Waals surface area contributed by atoms with Gasteiger partial charge in [0.05, 0.1) is 5.66 Å². The second kappa shape index (κ2) is 2.91. The normalized spacial score (nSPS) is 24.5. The van der Waals surface area contributed by atoms with Crippen molar-refractivity contribution in [2.45, 2.75) is 12.1 Å². The van der Waals surface area contributed by atoms with Crippen LogP contribution in [0.5, 0.6) is 0 Å². The third-order valence-corrected chi connectivity index (χ3v) is 2.36. The van der Waals surface area contributed by atoms with Gasteiger partial charge in [-0.25, -0.2) is 0 Å². The molecule has 0 saturated carbocycles. The van der Waals surface area contributed by atoms with Crippen LogP contribution < -0.4 is 11.5 Å². The summed E-state index contributed by atoms with van der Waals surface area (Å²) in [6, 6.07) is 0. The van der Waals surface area contributed by atoms with Crippen molar-refractivity contribution >= 4 is 8.03 Å². The van der Waals surface area contributed by atoms with Crippen LogP contribution in [0.4, 0.5) is 0 Å². The van der Waals surface area contributed by atoms with E-state index in [9.17, 15) is 4.57 Å². The predicted molar refractivity (Wildman–Crippen MR) is 44.2 cm³/mol. The Kier molecular flexibility index (Phi) is 2.30. The highest BCUT2D eigenvalue weighted by Gasteiger charge is 2.17. The highest BCUT2D eigenvalue weighted by molar-refractivity contribution is 7.43. The summed E-state index contributed by atoms with van der Waals surface area (Å²) < 4.78 is 10.5. The fourth-order valence-electron chi connectivity index (χ4n) is 0.826. The molecule has 5 N–H and O–H groups in total. The predicted octanol–water partition coefficient (Wildman–Crippen LogP) is -0.0891. The minimum absolute atomic E-state index is 0.413. The number of nitrogens with two attached hydrogens (primary N) is 2. The van der Waals surface area contributed by atoms with Gasteiger partial charge in [-0.05, 0) is 6.08 Å². The SMILES string of the molecule is NC1(N)C=CC([PH](=O)O)=CC1. The zero-order chi connectivity index (χ0) is 8.48. The lowest BCUT2D eigenvalue weighted by atomic mass is 10.0. The van der Waals surface area contributed by atoms with Crippen molar-refractivity contribution in [3.05, 3.63) is 23.5 Å². The Labute approximate surface area is 65.4 Å². The van der Waals surface area contributed by atoms with Crippen molar-refractivity contribution in [2.24, 2.45) is 11.5 Å². The Hall–Kier alpha value is -0.410. The molecule has 0 aromatic carbocycles. The highest BCUT2D eigenvalue weighted by Crippen LogP contribution is 2.31. The molecule has 0 amide bonds. The van der Waals surface area contributed by atoms with Crippen molar-refractivity contribution in [1.29, 1.82) is 0 Å². The molecule has 1 rings (SSSR count). The smallest absolute Gasteiger partial charge is 0.217 e. The van der Waals surface area contributed by atoms with Crippen molar-refractivity contribution < 1.29 is 9.46 Å². The van der Waals surface area contributed by atoms with Crippen LogP contribution in [0.25, 0.3) is 0 Å². The topological polar surface area (TPSA) is 89.3 Å². The van der Waals surface area contributed by atoms with E-state index in [0.29, 0.717) is 11.7 Å². The first kappa shape index (κ1) is 8.68. The van der Waals surface area contributed by atoms with Crippen LogP contribution in [0.3, 0.4) is 0 Å². The van der Waals surface area contributed by atoms with Gasteiger partial charge in [-0.3, -0.25) is 4.57 Å². The maximum atomic E-state index is 10.5. The van der Waals surface area contributed by atoms with Crippen molar-refractivity contribution in [1.82, 2.24) is 0 Å². The van der Waals surface area contributed by atoms with Crippen LogP contribution in [-0.4, -0.2) is 10.6 Å². The summed E-state index contributed by atoms with van der Waals surface area (Å²) in [4.78, 5) is 8.69. The third kappa shape index (κ3) is 2.27. The van der Waals surface area contributed by atoms with Crippen molar-refractivity contribution in [3.63, 3.8) is 0 Å². The molecule has 0 saturated heterocycles. The monoisotopic (exact) mass is 174 g/mol. The number of hydrogen-bond acceptors (Lipinski definition) is 3. The van der Waals surface area contributed by atoms with Gasteiger partial charge in [-0.15, -0.1) is 0 Å². The van der Waals surface area contributed by atoms with E-state index in [4.69, 9.17) is 16.4 Å². The van der Waals surface area contributed by atoms with E-state index >= 15 is 0 Å². The molecule has 11 heavy (non-hydrogen) atoms. The second-order valence-electron chi connectivity index (χ2n) is 2.61. The molecule has 1 aliphatic rings. The van der Waals surface area contributed by atoms with Crippen LogP contribution >= 0.6 is 8.03 Å². The molecule has 62 valence electrons. The van der Waals surface area contributed by atoms with Crippen molar-refractivity contribution in [3.8, 4) is 0 Å². The lowest BCUT2D eigenvalue weighted by molar-refractivity contribution is 0.508. The summed E-state index contributed by atoms with van der Waals surface area (Å²) >= 11 is 0. The van der Waals surface area contributed by atoms with Crippen LogP contribution in [-0.2, 0) is 4.57 Å². The molecule has 0 aromatic heterocycles. The van der Waals surface area contributed by atoms with Crippen LogP contribution in [0, 0.1) is 0 Å². The second-order valence-corrected chi connectivity index (χ2v) is 3.80. The molecule has 1 atom stereocenters. The first-order chi connectivity index (χ1) is 5.01. The van der Waals surface area contributed by atoms with Gasteiger partial charge in [0.1, 0.15) is 0 Å². The average Bonchev–Trinajstić information content (AvgIpc) is 1.86. The van der Waals surface area contributed by atoms with Gasteiger partial charge in [0.15, 0.2) is 0 Å². The van der Waals surface area contributed by atoms with E-state index < -0.39 is 13.7 Å². The van der Waals surface area contributed by atoms with Gasteiger partial charge >= 0.3 is 0 Å². The summed E-state index contributed by atoms with van der Waals surface area (Å²) in [7, 11) is -2.57. The number of hydrogen-bond donors (Lipinski definition) is 3. The molecule has 0 bridgehead atoms. The van der Waals surface area contributed by atoms with Gasteiger partial charge < -0.3 is 16.4 Å². The van der Waals surface area contributed by atoms with Crippen molar-refractivity contribution in [2.75, 3.05) is 0 Å². The van der Waals surface area contributed by atoms with E-state index in [1.807, 2.05) is 0 Å². The summed E-state index contributed by atoms with van der Waals surface area (Å²) in [6.45, 7) is 0. The number of rotatable bonds is 1. The van der Waals surface area contributed by atoms with E-state index in [0.717, 1.165) is 0 Å². The van der Waals surface area contributed by atoms with Crippen LogP contribution in [0.2, 0.25) is 0 Å². The Balaban J connectivity index is 2.75. The fourth-order valence-corrected chi connectivity index (χ4v) is 1.33. The maximum absolute atomic E-state index is 10.5. The number of allylic oxidation sites excluding steroid dienone is 2. The molecule has 0 aromatic rings. The highest BCUT2D eigenvalue weighted by atomic mass is 31.1. The average molecular weight is 174 g/mol. The lowest BCUT2D eigenvalue weighted by Crippen LogP contribution is -2.47. The van der Waals surface area contributed by atoms with E-state index in [-0.39, 0.29) is 0 Å². The first-order valence-corrected chi connectivity index (χ1v) is 4.57. The quantitative estimate of drug-likeness (QED) is 0.383. The Bertz CT molecular complexity index is 245. The van der Waals surface area contributed by atoms with Crippen LogP contribution in [0.1, 0.15) is 6.42 Å². The van der Waals surface area contributed by atoms with Gasteiger partial charge in [0, 0.05) is 11.7 Å². The summed E-state index contributed by atoms with van der Waals surface area (Å²) in [5, 5.41) is 0.432. The first-order valence-electron chi connectivity index (χ1n) is 3.22. The zero-order valence-electron chi connectivity index (χ0n) is 5.95. The largest absolute Gasteiger partial charge is 0.343 e. The molecule has 0 heterocycles. The Morgan fingerprint density at radius 1 is 1.64 bits per heavy atom. The molecule has 1 aliphatic carbocycles. The summed E-state index contributed by atoms with van der Waals surface area (Å²) in [6.07, 6.45) is 5.06. The molecule has 0 fully saturated rings. The Morgan fingerprint density at radius 2 is 2.27 bits per heavy atom. The molecule has 4 nitrogen and oxygen atoms in total. The fraction of sp³-hybridized carbons (Fsp3) is 0.333. The molecule has 0 spiro atoms. The summed E-state index contributed by atoms with van der Waals surface area (Å²) in [5.74, 6) is 0. The molecule has 0 radical (unpaired) electrons. The van der Waals surface area contributed by atoms with E-state index in [2.05, 4.69) is 0 Å². The van der Waals surface area contributed by atoms with E-state index in [1.54, 1.807) is 12.2 Å². The molecule has 5 heteroatoms. The standard InChI is InChI=1S/C6H11N2O2P/c7-6(8)3-1-5(2-4-6)11(9)10/h1-3,11H,4,7-8H2,(H,9,10). The van der Waals surface area contributed by atoms with Gasteiger partial charge in [0.25, 0.3) is 0 Å². The molecule has 1 unspecified atom stereocenters. The molecule has 0 aliphatic heterocycles. The maximum Gasteiger partial charge on any atom is 0.217 e. The van der Waals surface area contributed by atoms with Gasteiger partial charge in [0.2, 0.25) is 8.03 Å². The zero-order valence-corrected chi connectivity index (χ0v) is 6.95. The third-order valence-electron chi connectivity index (χ3n) is 1.50. The Morgan fingerprint density at radius 3 is 2.64 bits per heavy atom. The minimum atomic E-state index is -2.57. The minimum Gasteiger partial charge on any atom is -0.343 e. The van der Waals surface area contributed by atoms with Gasteiger partial charge in [-0.1, -0.05) is 12.2 Å². The van der Waals surface area contributed by atoms with Gasteiger partial charge in [-0.2, -0.15) is 0 Å². The molecular formula is C6H11N2O2P. The lowest BCUT2D eigenvalue weighted by Gasteiger charge is -2.21. The molecular weight excluding hydrogens is 163 g/mol. The van der Waals surface area contributed by atoms with Crippen LogP contribution in [0.15, 0.2) is 23.5 Å².